The Hall–Kier alpha value is -4.02. The first-order valence-electron chi connectivity index (χ1n) is 11.4. The van der Waals surface area contributed by atoms with Crippen LogP contribution in [0.1, 0.15) is 33.5 Å². The van der Waals surface area contributed by atoms with E-state index in [1.165, 1.54) is 22.3 Å². The average molecular weight is 447 g/mol. The minimum Gasteiger partial charge on any atom is -0.487 e. The van der Waals surface area contributed by atoms with Gasteiger partial charge < -0.3 is 9.84 Å². The van der Waals surface area contributed by atoms with E-state index in [1.54, 1.807) is 6.20 Å². The number of aliphatic hydroxyl groups is 1. The molecule has 5 rings (SSSR count). The van der Waals surface area contributed by atoms with E-state index < -0.39 is 0 Å². The van der Waals surface area contributed by atoms with Gasteiger partial charge in [0.25, 0.3) is 0 Å². The maximum Gasteiger partial charge on any atom is 0.130 e. The van der Waals surface area contributed by atoms with Gasteiger partial charge in [-0.2, -0.15) is 0 Å². The number of hydrogen-bond donors (Lipinski definition) is 1. The lowest BCUT2D eigenvalue weighted by Gasteiger charge is -2.10. The molecule has 0 saturated carbocycles. The zero-order valence-corrected chi connectivity index (χ0v) is 18.9. The van der Waals surface area contributed by atoms with Crippen molar-refractivity contribution in [1.29, 1.82) is 0 Å². The predicted molar refractivity (Wildman–Crippen MR) is 139 cm³/mol. The van der Waals surface area contributed by atoms with Gasteiger partial charge in [0.1, 0.15) is 12.4 Å². The van der Waals surface area contributed by atoms with E-state index in [2.05, 4.69) is 58.6 Å². The summed E-state index contributed by atoms with van der Waals surface area (Å²) in [5, 5.41) is 9.80. The first-order valence-corrected chi connectivity index (χ1v) is 11.4. The number of ether oxygens (including phenoxy) is 1. The molecule has 0 radical (unpaired) electrons. The Morgan fingerprint density at radius 2 is 1.82 bits per heavy atom. The van der Waals surface area contributed by atoms with Gasteiger partial charge in [0, 0.05) is 11.8 Å². The fourth-order valence-corrected chi connectivity index (χ4v) is 4.03. The number of aliphatic hydroxyl groups excluding tert-OH is 1. The van der Waals surface area contributed by atoms with Crippen molar-refractivity contribution >= 4 is 23.9 Å². The van der Waals surface area contributed by atoms with Crippen molar-refractivity contribution in [2.75, 3.05) is 6.54 Å². The van der Waals surface area contributed by atoms with Crippen molar-refractivity contribution in [3.63, 3.8) is 0 Å². The molecule has 0 fully saturated rings. The van der Waals surface area contributed by atoms with Crippen molar-refractivity contribution < 1.29 is 9.84 Å². The van der Waals surface area contributed by atoms with E-state index in [9.17, 15) is 5.11 Å². The highest BCUT2D eigenvalue weighted by Crippen LogP contribution is 2.23. The number of rotatable bonds is 8. The smallest absolute Gasteiger partial charge is 0.130 e. The maximum atomic E-state index is 9.80. The summed E-state index contributed by atoms with van der Waals surface area (Å²) in [5.41, 5.74) is 8.64. The van der Waals surface area contributed by atoms with Crippen molar-refractivity contribution in [3.8, 4) is 5.75 Å². The SMILES string of the molecule is OCc1cc(/C=C/C2=NCC(/C=C/c3ccc4c(c3)CC=C4)=C2)ccc1OCc1ccccn1. The maximum absolute atomic E-state index is 9.80. The first-order chi connectivity index (χ1) is 16.8. The van der Waals surface area contributed by atoms with E-state index in [-0.39, 0.29) is 6.61 Å². The Morgan fingerprint density at radius 1 is 0.941 bits per heavy atom. The average Bonchev–Trinajstić information content (AvgIpc) is 3.55. The summed E-state index contributed by atoms with van der Waals surface area (Å²) in [6.07, 6.45) is 17.6. The summed E-state index contributed by atoms with van der Waals surface area (Å²) in [7, 11) is 0. The van der Waals surface area contributed by atoms with Crippen molar-refractivity contribution in [3.05, 3.63) is 124 Å². The molecule has 3 aromatic rings. The summed E-state index contributed by atoms with van der Waals surface area (Å²) < 4.78 is 5.86. The molecule has 0 unspecified atom stereocenters. The molecule has 0 bridgehead atoms. The summed E-state index contributed by atoms with van der Waals surface area (Å²) in [6, 6.07) is 18.1. The van der Waals surface area contributed by atoms with Crippen LogP contribution in [0.4, 0.5) is 0 Å². The van der Waals surface area contributed by atoms with E-state index >= 15 is 0 Å². The van der Waals surface area contributed by atoms with Crippen molar-refractivity contribution in [2.24, 2.45) is 4.99 Å². The first kappa shape index (κ1) is 21.8. The third kappa shape index (κ3) is 5.30. The summed E-state index contributed by atoms with van der Waals surface area (Å²) in [4.78, 5) is 8.89. The third-order valence-corrected chi connectivity index (χ3v) is 5.87. The summed E-state index contributed by atoms with van der Waals surface area (Å²) >= 11 is 0. The van der Waals surface area contributed by atoms with Gasteiger partial charge >= 0.3 is 0 Å². The molecule has 1 aromatic heterocycles. The lowest BCUT2D eigenvalue weighted by atomic mass is 10.0. The van der Waals surface area contributed by atoms with Crippen molar-refractivity contribution in [1.82, 2.24) is 4.98 Å². The number of aromatic nitrogens is 1. The van der Waals surface area contributed by atoms with E-state index in [4.69, 9.17) is 4.74 Å². The second kappa shape index (κ2) is 10.3. The zero-order valence-electron chi connectivity index (χ0n) is 18.9. The predicted octanol–water partition coefficient (Wildman–Crippen LogP) is 5.83. The van der Waals surface area contributed by atoms with Crippen LogP contribution in [-0.4, -0.2) is 22.3 Å². The molecule has 0 spiro atoms. The Kier molecular flexibility index (Phi) is 6.59. The van der Waals surface area contributed by atoms with Crippen LogP contribution in [-0.2, 0) is 19.6 Å². The van der Waals surface area contributed by atoms with Gasteiger partial charge in [0.05, 0.1) is 24.6 Å². The number of benzene rings is 2. The molecule has 4 nitrogen and oxygen atoms in total. The molecule has 0 saturated heterocycles. The fourth-order valence-electron chi connectivity index (χ4n) is 4.03. The van der Waals surface area contributed by atoms with Gasteiger partial charge in [0.2, 0.25) is 0 Å². The Bertz CT molecular complexity index is 1330. The number of hydrogen-bond acceptors (Lipinski definition) is 4. The molecule has 1 N–H and O–H groups in total. The molecule has 2 aromatic carbocycles. The Labute approximate surface area is 200 Å². The number of allylic oxidation sites excluding steroid dienone is 3. The molecular weight excluding hydrogens is 420 g/mol. The van der Waals surface area contributed by atoms with Gasteiger partial charge in [-0.3, -0.25) is 9.98 Å². The van der Waals surface area contributed by atoms with Crippen LogP contribution in [0.2, 0.25) is 0 Å². The molecule has 0 atom stereocenters. The minimum atomic E-state index is -0.0895. The van der Waals surface area contributed by atoms with Gasteiger partial charge in [0.15, 0.2) is 0 Å². The van der Waals surface area contributed by atoms with E-state index in [0.717, 1.165) is 29.0 Å². The van der Waals surface area contributed by atoms with Gasteiger partial charge in [-0.15, -0.1) is 0 Å². The van der Waals surface area contributed by atoms with Crippen LogP contribution in [0.25, 0.3) is 18.2 Å². The summed E-state index contributed by atoms with van der Waals surface area (Å²) in [5.74, 6) is 0.665. The van der Waals surface area contributed by atoms with Crippen LogP contribution in [0.15, 0.2) is 95.7 Å². The van der Waals surface area contributed by atoms with Crippen molar-refractivity contribution in [2.45, 2.75) is 19.6 Å². The second-order valence-electron chi connectivity index (χ2n) is 8.33. The lowest BCUT2D eigenvalue weighted by Crippen LogP contribution is -2.00. The molecule has 168 valence electrons. The van der Waals surface area contributed by atoms with Crippen LogP contribution in [0.3, 0.4) is 0 Å². The van der Waals surface area contributed by atoms with E-state index in [0.29, 0.717) is 18.9 Å². The third-order valence-electron chi connectivity index (χ3n) is 5.87. The zero-order chi connectivity index (χ0) is 23.2. The van der Waals surface area contributed by atoms with Gasteiger partial charge in [-0.25, -0.2) is 0 Å². The number of fused-ring (bicyclic) bond motifs is 1. The number of aliphatic imine (C=N–C) groups is 1. The molecule has 0 amide bonds. The molecule has 4 heteroatoms. The standard InChI is InChI=1S/C30H26N2O2/c33-20-27-17-23(11-14-30(27)34-21-29-6-1-2-15-31-29)10-13-28-18-24(19-32-28)8-7-22-9-12-25-4-3-5-26(25)16-22/h1-4,6-18,33H,5,19-21H2/b8-7+,13-10+. The normalized spacial score (nSPS) is 14.6. The second-order valence-corrected chi connectivity index (χ2v) is 8.33. The molecular formula is C30H26N2O2. The molecule has 1 aliphatic carbocycles. The molecule has 34 heavy (non-hydrogen) atoms. The highest BCUT2D eigenvalue weighted by atomic mass is 16.5. The van der Waals surface area contributed by atoms with Crippen LogP contribution >= 0.6 is 0 Å². The fraction of sp³-hybridized carbons (Fsp3) is 0.133. The minimum absolute atomic E-state index is 0.0895. The molecule has 1 aliphatic heterocycles. The van der Waals surface area contributed by atoms with Crippen LogP contribution in [0, 0.1) is 0 Å². The number of pyridine rings is 1. The molecule has 2 aliphatic rings. The Balaban J connectivity index is 1.20. The van der Waals surface area contributed by atoms with E-state index in [1.807, 2.05) is 48.6 Å². The van der Waals surface area contributed by atoms with Gasteiger partial charge in [-0.1, -0.05) is 60.7 Å². The monoisotopic (exact) mass is 446 g/mol. The molecule has 2 heterocycles. The van der Waals surface area contributed by atoms with Crippen LogP contribution in [0.5, 0.6) is 5.75 Å². The van der Waals surface area contributed by atoms with Gasteiger partial charge in [-0.05, 0) is 70.7 Å². The quantitative estimate of drug-likeness (QED) is 0.474. The summed E-state index contributed by atoms with van der Waals surface area (Å²) in [6.45, 7) is 0.960. The topological polar surface area (TPSA) is 54.7 Å². The van der Waals surface area contributed by atoms with Crippen LogP contribution < -0.4 is 4.74 Å². The highest BCUT2D eigenvalue weighted by molar-refractivity contribution is 6.08. The highest BCUT2D eigenvalue weighted by Gasteiger charge is 2.07. The Morgan fingerprint density at radius 3 is 2.71 bits per heavy atom. The largest absolute Gasteiger partial charge is 0.487 e. The lowest BCUT2D eigenvalue weighted by molar-refractivity contribution is 0.257. The number of nitrogens with zero attached hydrogens (tertiary/aromatic N) is 2.